The molecule has 0 heterocycles. The Balaban J connectivity index is 2.31. The predicted octanol–water partition coefficient (Wildman–Crippen LogP) is 1.75. The van der Waals surface area contributed by atoms with E-state index in [2.05, 4.69) is 26.6 Å². The van der Waals surface area contributed by atoms with Crippen LogP contribution in [0.1, 0.15) is 18.9 Å². The van der Waals surface area contributed by atoms with Crippen molar-refractivity contribution in [3.63, 3.8) is 0 Å². The molecule has 0 aliphatic carbocycles. The fourth-order valence-corrected chi connectivity index (χ4v) is 2.15. The second-order valence-electron chi connectivity index (χ2n) is 4.84. The average molecular weight is 401 g/mol. The van der Waals surface area contributed by atoms with Gasteiger partial charge in [-0.2, -0.15) is 0 Å². The molecule has 0 fully saturated rings. The fourth-order valence-electron chi connectivity index (χ4n) is 1.75. The molecular formula is C16H21BrN2O5. The Morgan fingerprint density at radius 1 is 1.17 bits per heavy atom. The van der Waals surface area contributed by atoms with Gasteiger partial charge in [-0.05, 0) is 12.5 Å². The van der Waals surface area contributed by atoms with Gasteiger partial charge in [0.2, 0.25) is 5.91 Å². The summed E-state index contributed by atoms with van der Waals surface area (Å²) in [6.45, 7) is 1.90. The molecule has 0 bridgehead atoms. The molecule has 1 atom stereocenters. The van der Waals surface area contributed by atoms with Crippen molar-refractivity contribution < 1.29 is 23.9 Å². The first kappa shape index (κ1) is 20.0. The van der Waals surface area contributed by atoms with Gasteiger partial charge in [0, 0.05) is 11.8 Å². The van der Waals surface area contributed by atoms with Gasteiger partial charge in [0.05, 0.1) is 12.6 Å². The number of benzene rings is 1. The van der Waals surface area contributed by atoms with Crippen molar-refractivity contribution in [2.24, 2.45) is 0 Å². The van der Waals surface area contributed by atoms with Crippen LogP contribution in [0, 0.1) is 0 Å². The normalized spacial score (nSPS) is 11.2. The van der Waals surface area contributed by atoms with E-state index in [9.17, 15) is 14.4 Å². The van der Waals surface area contributed by atoms with Crippen LogP contribution in [0.15, 0.2) is 30.3 Å². The first-order chi connectivity index (χ1) is 11.5. The third-order valence-electron chi connectivity index (χ3n) is 2.89. The summed E-state index contributed by atoms with van der Waals surface area (Å²) in [4.78, 5) is 34.7. The van der Waals surface area contributed by atoms with Crippen LogP contribution >= 0.6 is 15.9 Å². The molecule has 7 nitrogen and oxygen atoms in total. The van der Waals surface area contributed by atoms with Crippen LogP contribution < -0.4 is 10.6 Å². The summed E-state index contributed by atoms with van der Waals surface area (Å²) in [5, 5.41) is 5.41. The van der Waals surface area contributed by atoms with Gasteiger partial charge >= 0.3 is 12.1 Å². The fraction of sp³-hybridized carbons (Fsp3) is 0.438. The minimum Gasteiger partial charge on any atom is -0.465 e. The average Bonchev–Trinajstić information content (AvgIpc) is 2.58. The van der Waals surface area contributed by atoms with Crippen molar-refractivity contribution in [2.75, 3.05) is 18.5 Å². The van der Waals surface area contributed by atoms with Gasteiger partial charge < -0.3 is 20.1 Å². The minimum atomic E-state index is -0.610. The standard InChI is InChI=1S/C16H21BrN2O5/c1-2-23-15(21)10-18-14(20)8-13(9-17)19-16(22)24-11-12-6-4-3-5-7-12/h3-7,13H,2,8-11H2,1H3,(H,18,20)(H,19,22). The van der Waals surface area contributed by atoms with Crippen LogP contribution in [0.25, 0.3) is 0 Å². The zero-order valence-corrected chi connectivity index (χ0v) is 15.0. The predicted molar refractivity (Wildman–Crippen MR) is 91.6 cm³/mol. The zero-order chi connectivity index (χ0) is 17.8. The summed E-state index contributed by atoms with van der Waals surface area (Å²) in [6, 6.07) is 8.82. The topological polar surface area (TPSA) is 93.7 Å². The number of hydrogen-bond acceptors (Lipinski definition) is 5. The van der Waals surface area contributed by atoms with Crippen molar-refractivity contribution in [1.82, 2.24) is 10.6 Å². The maximum absolute atomic E-state index is 11.8. The molecule has 0 aliphatic rings. The van der Waals surface area contributed by atoms with Crippen LogP contribution in [0.5, 0.6) is 0 Å². The van der Waals surface area contributed by atoms with E-state index in [-0.39, 0.29) is 32.1 Å². The minimum absolute atomic E-state index is 0.0189. The molecule has 1 rings (SSSR count). The van der Waals surface area contributed by atoms with E-state index in [0.29, 0.717) is 5.33 Å². The molecule has 8 heteroatoms. The Hall–Kier alpha value is -2.09. The van der Waals surface area contributed by atoms with Gasteiger partial charge in [-0.1, -0.05) is 46.3 Å². The lowest BCUT2D eigenvalue weighted by Gasteiger charge is -2.16. The van der Waals surface area contributed by atoms with Gasteiger partial charge in [-0.25, -0.2) is 4.79 Å². The molecule has 1 aromatic carbocycles. The van der Waals surface area contributed by atoms with E-state index < -0.39 is 18.1 Å². The number of alkyl halides is 1. The Kier molecular flexibility index (Phi) is 9.52. The Morgan fingerprint density at radius 3 is 2.50 bits per heavy atom. The number of carbonyl (C=O) groups excluding carboxylic acids is 3. The van der Waals surface area contributed by atoms with Crippen LogP contribution in [-0.4, -0.2) is 42.5 Å². The van der Waals surface area contributed by atoms with Crippen molar-refractivity contribution >= 4 is 33.9 Å². The summed E-state index contributed by atoms with van der Waals surface area (Å²) in [7, 11) is 0. The molecule has 2 N–H and O–H groups in total. The molecular weight excluding hydrogens is 380 g/mol. The Labute approximate surface area is 149 Å². The van der Waals surface area contributed by atoms with Crippen LogP contribution in [0.3, 0.4) is 0 Å². The Morgan fingerprint density at radius 2 is 1.88 bits per heavy atom. The molecule has 0 aromatic heterocycles. The van der Waals surface area contributed by atoms with Gasteiger partial charge in [-0.15, -0.1) is 0 Å². The highest BCUT2D eigenvalue weighted by Gasteiger charge is 2.17. The highest BCUT2D eigenvalue weighted by molar-refractivity contribution is 9.09. The van der Waals surface area contributed by atoms with Crippen molar-refractivity contribution in [2.45, 2.75) is 26.0 Å². The smallest absolute Gasteiger partial charge is 0.407 e. The molecule has 0 saturated heterocycles. The van der Waals surface area contributed by atoms with E-state index in [0.717, 1.165) is 5.56 Å². The monoisotopic (exact) mass is 400 g/mol. The highest BCUT2D eigenvalue weighted by atomic mass is 79.9. The lowest BCUT2D eigenvalue weighted by molar-refractivity contribution is -0.143. The summed E-state index contributed by atoms with van der Waals surface area (Å²) in [6.07, 6.45) is -0.591. The first-order valence-electron chi connectivity index (χ1n) is 7.50. The lowest BCUT2D eigenvalue weighted by Crippen LogP contribution is -2.41. The molecule has 0 spiro atoms. The Bertz CT molecular complexity index is 539. The van der Waals surface area contributed by atoms with E-state index in [4.69, 9.17) is 9.47 Å². The molecule has 1 unspecified atom stereocenters. The second-order valence-corrected chi connectivity index (χ2v) is 5.49. The van der Waals surface area contributed by atoms with Crippen molar-refractivity contribution in [1.29, 1.82) is 0 Å². The first-order valence-corrected chi connectivity index (χ1v) is 8.62. The number of nitrogens with one attached hydrogen (secondary N) is 2. The van der Waals surface area contributed by atoms with Crippen molar-refractivity contribution in [3.8, 4) is 0 Å². The number of rotatable bonds is 9. The largest absolute Gasteiger partial charge is 0.465 e. The number of esters is 1. The number of ether oxygens (including phenoxy) is 2. The summed E-state index contributed by atoms with van der Waals surface area (Å²) in [5.41, 5.74) is 0.871. The van der Waals surface area contributed by atoms with Gasteiger partial charge in [0.1, 0.15) is 13.2 Å². The molecule has 132 valence electrons. The third kappa shape index (κ3) is 8.52. The lowest BCUT2D eigenvalue weighted by atomic mass is 10.2. The maximum atomic E-state index is 11.8. The number of halogens is 1. The summed E-state index contributed by atoms with van der Waals surface area (Å²) in [5.74, 6) is -0.868. The van der Waals surface area contributed by atoms with Gasteiger partial charge in [-0.3, -0.25) is 9.59 Å². The molecule has 1 aromatic rings. The SMILES string of the molecule is CCOC(=O)CNC(=O)CC(CBr)NC(=O)OCc1ccccc1. The summed E-state index contributed by atoms with van der Waals surface area (Å²) < 4.78 is 9.80. The maximum Gasteiger partial charge on any atom is 0.407 e. The van der Waals surface area contributed by atoms with E-state index in [1.807, 2.05) is 30.3 Å². The second kappa shape index (κ2) is 11.4. The molecule has 0 saturated carbocycles. The number of hydrogen-bond donors (Lipinski definition) is 2. The quantitative estimate of drug-likeness (QED) is 0.486. The zero-order valence-electron chi connectivity index (χ0n) is 13.4. The van der Waals surface area contributed by atoms with E-state index >= 15 is 0 Å². The van der Waals surface area contributed by atoms with Crippen LogP contribution in [0.4, 0.5) is 4.79 Å². The molecule has 24 heavy (non-hydrogen) atoms. The molecule has 0 radical (unpaired) electrons. The van der Waals surface area contributed by atoms with Crippen molar-refractivity contribution in [3.05, 3.63) is 35.9 Å². The number of amides is 2. The van der Waals surface area contributed by atoms with Crippen LogP contribution in [-0.2, 0) is 25.7 Å². The molecule has 0 aliphatic heterocycles. The molecule has 2 amide bonds. The number of alkyl carbamates (subject to hydrolysis) is 1. The number of carbonyl (C=O) groups is 3. The van der Waals surface area contributed by atoms with E-state index in [1.165, 1.54) is 0 Å². The van der Waals surface area contributed by atoms with Crippen LogP contribution in [0.2, 0.25) is 0 Å². The van der Waals surface area contributed by atoms with E-state index in [1.54, 1.807) is 6.92 Å². The summed E-state index contributed by atoms with van der Waals surface area (Å²) >= 11 is 3.23. The van der Waals surface area contributed by atoms with Gasteiger partial charge in [0.25, 0.3) is 0 Å². The third-order valence-corrected chi connectivity index (χ3v) is 3.67. The highest BCUT2D eigenvalue weighted by Crippen LogP contribution is 2.02. The van der Waals surface area contributed by atoms with Gasteiger partial charge in [0.15, 0.2) is 0 Å².